The molecule has 0 heterocycles. The minimum absolute atomic E-state index is 0.000283. The Hall–Kier alpha value is -1.61. The zero-order valence-corrected chi connectivity index (χ0v) is 12.9. The third kappa shape index (κ3) is 2.78. The Morgan fingerprint density at radius 3 is 2.65 bits per heavy atom. The van der Waals surface area contributed by atoms with E-state index >= 15 is 0 Å². The van der Waals surface area contributed by atoms with Crippen molar-refractivity contribution < 1.29 is 4.79 Å². The van der Waals surface area contributed by atoms with Crippen molar-refractivity contribution >= 4 is 21.8 Å². The molecule has 2 aromatic carbocycles. The molecule has 0 saturated heterocycles. The first-order valence-electron chi connectivity index (χ1n) is 6.77. The van der Waals surface area contributed by atoms with Crippen molar-refractivity contribution in [2.45, 2.75) is 25.3 Å². The second kappa shape index (κ2) is 5.41. The summed E-state index contributed by atoms with van der Waals surface area (Å²) in [6.07, 6.45) is 1.03. The normalized spacial score (nSPS) is 20.5. The Bertz CT molecular complexity index is 639. The fraction of sp³-hybridized carbons (Fsp3) is 0.235. The van der Waals surface area contributed by atoms with E-state index in [0.29, 0.717) is 11.5 Å². The fourth-order valence-electron chi connectivity index (χ4n) is 2.47. The predicted octanol–water partition coefficient (Wildman–Crippen LogP) is 4.04. The molecule has 1 amide bonds. The highest BCUT2D eigenvalue weighted by atomic mass is 79.9. The van der Waals surface area contributed by atoms with E-state index in [1.54, 1.807) is 0 Å². The maximum absolute atomic E-state index is 12.3. The van der Waals surface area contributed by atoms with Crippen LogP contribution in [0.4, 0.5) is 0 Å². The smallest absolute Gasteiger partial charge is 0.252 e. The molecule has 0 aliphatic heterocycles. The fourth-order valence-corrected chi connectivity index (χ4v) is 3.15. The third-order valence-corrected chi connectivity index (χ3v) is 4.36. The highest BCUT2D eigenvalue weighted by Gasteiger charge is 2.39. The second-order valence-corrected chi connectivity index (χ2v) is 6.17. The minimum atomic E-state index is 0.000283. The van der Waals surface area contributed by atoms with Crippen molar-refractivity contribution in [2.75, 3.05) is 0 Å². The maximum atomic E-state index is 12.3. The molecule has 1 aliphatic carbocycles. The van der Waals surface area contributed by atoms with Crippen LogP contribution >= 0.6 is 15.9 Å². The number of amides is 1. The maximum Gasteiger partial charge on any atom is 0.252 e. The molecule has 2 unspecified atom stereocenters. The Balaban J connectivity index is 1.66. The van der Waals surface area contributed by atoms with Crippen LogP contribution in [0.5, 0.6) is 0 Å². The van der Waals surface area contributed by atoms with Gasteiger partial charge in [0, 0.05) is 16.4 Å². The number of rotatable bonds is 3. The average molecular weight is 330 g/mol. The lowest BCUT2D eigenvalue weighted by molar-refractivity contribution is 0.0949. The summed E-state index contributed by atoms with van der Waals surface area (Å²) in [6, 6.07) is 16.4. The van der Waals surface area contributed by atoms with Gasteiger partial charge in [0.25, 0.3) is 5.91 Å². The third-order valence-electron chi connectivity index (χ3n) is 3.70. The molecule has 0 spiro atoms. The lowest BCUT2D eigenvalue weighted by Gasteiger charge is -2.07. The number of hydrogen-bond acceptors (Lipinski definition) is 1. The van der Waals surface area contributed by atoms with Crippen LogP contribution in [0, 0.1) is 6.92 Å². The Kier molecular flexibility index (Phi) is 3.62. The largest absolute Gasteiger partial charge is 0.349 e. The number of halogens is 1. The summed E-state index contributed by atoms with van der Waals surface area (Å²) < 4.78 is 0.854. The number of hydrogen-bond donors (Lipinski definition) is 1. The first-order chi connectivity index (χ1) is 9.65. The van der Waals surface area contributed by atoms with Crippen LogP contribution < -0.4 is 5.32 Å². The van der Waals surface area contributed by atoms with Crippen LogP contribution in [0.2, 0.25) is 0 Å². The van der Waals surface area contributed by atoms with Gasteiger partial charge in [0.1, 0.15) is 0 Å². The summed E-state index contributed by atoms with van der Waals surface area (Å²) in [5.41, 5.74) is 3.15. The molecule has 2 atom stereocenters. The topological polar surface area (TPSA) is 29.1 Å². The van der Waals surface area contributed by atoms with E-state index in [2.05, 4.69) is 33.4 Å². The molecule has 0 bridgehead atoms. The van der Waals surface area contributed by atoms with Crippen molar-refractivity contribution in [3.8, 4) is 0 Å². The quantitative estimate of drug-likeness (QED) is 0.904. The molecule has 3 rings (SSSR count). The van der Waals surface area contributed by atoms with E-state index in [0.717, 1.165) is 16.5 Å². The molecule has 1 fully saturated rings. The van der Waals surface area contributed by atoms with Gasteiger partial charge in [-0.25, -0.2) is 0 Å². The van der Waals surface area contributed by atoms with Gasteiger partial charge in [-0.3, -0.25) is 4.79 Å². The minimum Gasteiger partial charge on any atom is -0.349 e. The lowest BCUT2D eigenvalue weighted by atomic mass is 10.1. The molecule has 0 aromatic heterocycles. The van der Waals surface area contributed by atoms with E-state index in [1.807, 2.05) is 43.3 Å². The average Bonchev–Trinajstić information content (AvgIpc) is 3.18. The highest BCUT2D eigenvalue weighted by molar-refractivity contribution is 9.10. The van der Waals surface area contributed by atoms with Crippen LogP contribution in [0.3, 0.4) is 0 Å². The van der Waals surface area contributed by atoms with Gasteiger partial charge in [0.05, 0.1) is 5.56 Å². The molecule has 1 saturated carbocycles. The summed E-state index contributed by atoms with van der Waals surface area (Å²) in [6.45, 7) is 2.01. The van der Waals surface area contributed by atoms with E-state index in [4.69, 9.17) is 0 Å². The summed E-state index contributed by atoms with van der Waals surface area (Å²) >= 11 is 3.46. The van der Waals surface area contributed by atoms with E-state index in [1.165, 1.54) is 5.56 Å². The van der Waals surface area contributed by atoms with Crippen LogP contribution in [0.15, 0.2) is 53.0 Å². The van der Waals surface area contributed by atoms with Gasteiger partial charge >= 0.3 is 0 Å². The Labute approximate surface area is 127 Å². The van der Waals surface area contributed by atoms with Crippen LogP contribution in [0.1, 0.15) is 33.8 Å². The first kappa shape index (κ1) is 13.4. The molecule has 1 N–H and O–H groups in total. The summed E-state index contributed by atoms with van der Waals surface area (Å²) in [5, 5.41) is 3.11. The second-order valence-electron chi connectivity index (χ2n) is 5.32. The van der Waals surface area contributed by atoms with Gasteiger partial charge in [-0.2, -0.15) is 0 Å². The van der Waals surface area contributed by atoms with Crippen molar-refractivity contribution in [1.29, 1.82) is 0 Å². The zero-order chi connectivity index (χ0) is 14.1. The molecule has 2 nitrogen and oxygen atoms in total. The summed E-state index contributed by atoms with van der Waals surface area (Å²) in [7, 11) is 0. The van der Waals surface area contributed by atoms with Gasteiger partial charge in [-0.1, -0.05) is 36.4 Å². The van der Waals surface area contributed by atoms with Gasteiger partial charge in [-0.05, 0) is 52.5 Å². The van der Waals surface area contributed by atoms with Gasteiger partial charge in [0.15, 0.2) is 0 Å². The van der Waals surface area contributed by atoms with E-state index in [-0.39, 0.29) is 11.9 Å². The monoisotopic (exact) mass is 329 g/mol. The summed E-state index contributed by atoms with van der Waals surface area (Å²) in [4.78, 5) is 12.3. The van der Waals surface area contributed by atoms with Gasteiger partial charge in [0.2, 0.25) is 0 Å². The molecular weight excluding hydrogens is 314 g/mol. The van der Waals surface area contributed by atoms with Gasteiger partial charge in [-0.15, -0.1) is 0 Å². The first-order valence-corrected chi connectivity index (χ1v) is 7.56. The molecule has 20 heavy (non-hydrogen) atoms. The summed E-state index contributed by atoms with van der Waals surface area (Å²) in [5.74, 6) is 0.463. The van der Waals surface area contributed by atoms with Crippen molar-refractivity contribution in [1.82, 2.24) is 5.32 Å². The zero-order valence-electron chi connectivity index (χ0n) is 11.3. The number of carbonyl (C=O) groups is 1. The number of benzene rings is 2. The molecule has 3 heteroatoms. The van der Waals surface area contributed by atoms with Crippen LogP contribution in [0.25, 0.3) is 0 Å². The van der Waals surface area contributed by atoms with Gasteiger partial charge < -0.3 is 5.32 Å². The van der Waals surface area contributed by atoms with Crippen molar-refractivity contribution in [3.05, 3.63) is 69.7 Å². The van der Waals surface area contributed by atoms with Crippen molar-refractivity contribution in [3.63, 3.8) is 0 Å². The number of carbonyl (C=O) groups excluding carboxylic acids is 1. The SMILES string of the molecule is Cc1ccc(C(=O)NC2CC2c2ccccc2)c(Br)c1. The Morgan fingerprint density at radius 2 is 1.95 bits per heavy atom. The molecule has 2 aromatic rings. The Morgan fingerprint density at radius 1 is 1.20 bits per heavy atom. The van der Waals surface area contributed by atoms with E-state index in [9.17, 15) is 4.79 Å². The lowest BCUT2D eigenvalue weighted by Crippen LogP contribution is -2.26. The predicted molar refractivity (Wildman–Crippen MR) is 83.9 cm³/mol. The molecule has 1 aliphatic rings. The highest BCUT2D eigenvalue weighted by Crippen LogP contribution is 2.40. The number of nitrogens with one attached hydrogen (secondary N) is 1. The molecule has 0 radical (unpaired) electrons. The molecule has 102 valence electrons. The van der Waals surface area contributed by atoms with E-state index < -0.39 is 0 Å². The standard InChI is InChI=1S/C17H16BrNO/c1-11-7-8-13(15(18)9-11)17(20)19-16-10-14(16)12-5-3-2-4-6-12/h2-9,14,16H,10H2,1H3,(H,19,20). The van der Waals surface area contributed by atoms with Crippen molar-refractivity contribution in [2.24, 2.45) is 0 Å². The number of aryl methyl sites for hydroxylation is 1. The van der Waals surface area contributed by atoms with Crippen LogP contribution in [-0.4, -0.2) is 11.9 Å². The van der Waals surface area contributed by atoms with Crippen LogP contribution in [-0.2, 0) is 0 Å². The molecular formula is C17H16BrNO.